The van der Waals surface area contributed by atoms with Crippen LogP contribution in [0.25, 0.3) is 0 Å². The number of halogens is 3. The Morgan fingerprint density at radius 3 is 2.29 bits per heavy atom. The highest BCUT2D eigenvalue weighted by Crippen LogP contribution is 2.13. The van der Waals surface area contributed by atoms with Gasteiger partial charge in [0.15, 0.2) is 0 Å². The minimum atomic E-state index is 0. The zero-order valence-corrected chi connectivity index (χ0v) is 17.1. The largest absolute Gasteiger partial charge is 0.455 e. The number of rotatable bonds is 6. The van der Waals surface area contributed by atoms with Gasteiger partial charge in [-0.1, -0.05) is 23.7 Å². The van der Waals surface area contributed by atoms with E-state index in [9.17, 15) is 5.11 Å². The van der Waals surface area contributed by atoms with Gasteiger partial charge in [-0.2, -0.15) is 0 Å². The van der Waals surface area contributed by atoms with Crippen molar-refractivity contribution in [1.82, 2.24) is 9.80 Å². The maximum atomic E-state index is 9.33. The molecule has 0 bridgehead atoms. The first-order chi connectivity index (χ1) is 10.7. The van der Waals surface area contributed by atoms with E-state index in [1.165, 1.54) is 17.3 Å². The number of benzene rings is 1. The van der Waals surface area contributed by atoms with Gasteiger partial charge in [-0.25, -0.2) is 4.99 Å². The molecular formula is C16H27Cl3N3OS+. The smallest absolute Gasteiger partial charge is 0.396 e. The first-order valence-electron chi connectivity index (χ1n) is 7.73. The highest BCUT2D eigenvalue weighted by atomic mass is 35.5. The molecule has 2 rings (SSSR count). The molecule has 0 radical (unpaired) electrons. The summed E-state index contributed by atoms with van der Waals surface area (Å²) in [5.74, 6) is 0.956. The van der Waals surface area contributed by atoms with Gasteiger partial charge < -0.3 is 10.0 Å². The molecule has 0 saturated carbocycles. The SMILES string of the molecule is C[NH+]=C(O)SCCCN1CCN(Cc2ccc(Cl)cc2)CC1.Cl.Cl. The molecule has 0 amide bonds. The van der Waals surface area contributed by atoms with E-state index < -0.39 is 0 Å². The van der Waals surface area contributed by atoms with Crippen LogP contribution in [0.1, 0.15) is 12.0 Å². The van der Waals surface area contributed by atoms with Crippen molar-refractivity contribution in [2.24, 2.45) is 0 Å². The molecule has 1 aromatic carbocycles. The van der Waals surface area contributed by atoms with Gasteiger partial charge in [0.05, 0.1) is 0 Å². The fourth-order valence-corrected chi connectivity index (χ4v) is 3.29. The van der Waals surface area contributed by atoms with Crippen LogP contribution in [0.5, 0.6) is 0 Å². The van der Waals surface area contributed by atoms with Crippen LogP contribution < -0.4 is 4.99 Å². The number of hydrogen-bond donors (Lipinski definition) is 2. The molecule has 0 aliphatic carbocycles. The Hall–Kier alpha value is -0.170. The van der Waals surface area contributed by atoms with E-state index in [1.54, 1.807) is 7.05 Å². The van der Waals surface area contributed by atoms with E-state index >= 15 is 0 Å². The topological polar surface area (TPSA) is 40.7 Å². The van der Waals surface area contributed by atoms with E-state index in [0.717, 1.165) is 56.5 Å². The van der Waals surface area contributed by atoms with Crippen LogP contribution in [0.2, 0.25) is 5.02 Å². The summed E-state index contributed by atoms with van der Waals surface area (Å²) in [7, 11) is 1.74. The Labute approximate surface area is 166 Å². The third kappa shape index (κ3) is 8.79. The Balaban J connectivity index is 0.00000264. The minimum absolute atomic E-state index is 0. The molecule has 1 aromatic rings. The minimum Gasteiger partial charge on any atom is -0.455 e. The van der Waals surface area contributed by atoms with Crippen LogP contribution in [0, 0.1) is 0 Å². The van der Waals surface area contributed by atoms with Crippen molar-refractivity contribution >= 4 is 53.4 Å². The summed E-state index contributed by atoms with van der Waals surface area (Å²) in [6.07, 6.45) is 1.10. The van der Waals surface area contributed by atoms with Crippen LogP contribution in [0.4, 0.5) is 0 Å². The summed E-state index contributed by atoms with van der Waals surface area (Å²) in [5.41, 5.74) is 1.33. The average Bonchev–Trinajstić information content (AvgIpc) is 2.55. The molecule has 1 fully saturated rings. The fourth-order valence-electron chi connectivity index (χ4n) is 2.55. The van der Waals surface area contributed by atoms with Crippen LogP contribution in [0.3, 0.4) is 0 Å². The number of nitrogens with zero attached hydrogens (tertiary/aromatic N) is 2. The van der Waals surface area contributed by atoms with Crippen molar-refractivity contribution in [3.63, 3.8) is 0 Å². The molecule has 0 aromatic heterocycles. The summed E-state index contributed by atoms with van der Waals surface area (Å²) in [6, 6.07) is 8.14. The van der Waals surface area contributed by atoms with E-state index in [4.69, 9.17) is 11.6 Å². The van der Waals surface area contributed by atoms with Crippen LogP contribution in [-0.4, -0.2) is 65.7 Å². The Kier molecular flexibility index (Phi) is 13.0. The molecule has 2 N–H and O–H groups in total. The highest BCUT2D eigenvalue weighted by Gasteiger charge is 2.16. The molecule has 8 heteroatoms. The van der Waals surface area contributed by atoms with Crippen molar-refractivity contribution < 1.29 is 10.1 Å². The normalized spacial score (nSPS) is 16.3. The lowest BCUT2D eigenvalue weighted by Gasteiger charge is -2.34. The standard InChI is InChI=1S/C16H24ClN3OS.2ClH/c1-18-16(21)22-12-2-7-19-8-10-20(11-9-19)13-14-3-5-15(17)6-4-14;;/h3-6H,2,7-13H2,1H3,(H,18,21);2*1H/p+1. The number of piperazine rings is 1. The third-order valence-corrected chi connectivity index (χ3v) is 5.08. The highest BCUT2D eigenvalue weighted by molar-refractivity contribution is 8.13. The van der Waals surface area contributed by atoms with Gasteiger partial charge in [0, 0.05) is 43.5 Å². The van der Waals surface area contributed by atoms with Crippen molar-refractivity contribution in [3.8, 4) is 0 Å². The monoisotopic (exact) mass is 414 g/mol. The van der Waals surface area contributed by atoms with E-state index in [-0.39, 0.29) is 24.8 Å². The van der Waals surface area contributed by atoms with Gasteiger partial charge in [0.2, 0.25) is 0 Å². The van der Waals surface area contributed by atoms with Gasteiger partial charge >= 0.3 is 5.23 Å². The quantitative estimate of drug-likeness (QED) is 0.424. The average molecular weight is 416 g/mol. The molecule has 0 spiro atoms. The molecule has 4 nitrogen and oxygen atoms in total. The van der Waals surface area contributed by atoms with E-state index in [0.29, 0.717) is 5.23 Å². The summed E-state index contributed by atoms with van der Waals surface area (Å²) in [6.45, 7) is 6.60. The zero-order valence-electron chi connectivity index (χ0n) is 13.9. The number of aliphatic hydroxyl groups excluding tert-OH is 1. The predicted molar refractivity (Wildman–Crippen MR) is 109 cm³/mol. The zero-order chi connectivity index (χ0) is 15.8. The second kappa shape index (κ2) is 13.1. The summed E-state index contributed by atoms with van der Waals surface area (Å²) >= 11 is 7.40. The first-order valence-corrected chi connectivity index (χ1v) is 9.09. The molecule has 1 saturated heterocycles. The molecule has 0 atom stereocenters. The molecular weight excluding hydrogens is 389 g/mol. The molecule has 138 valence electrons. The molecule has 1 heterocycles. The summed E-state index contributed by atoms with van der Waals surface area (Å²) in [5, 5.41) is 10.4. The van der Waals surface area contributed by atoms with Gasteiger partial charge in [-0.3, -0.25) is 4.90 Å². The van der Waals surface area contributed by atoms with Gasteiger partial charge in [-0.05, 0) is 42.4 Å². The Morgan fingerprint density at radius 2 is 1.71 bits per heavy atom. The number of hydrogen-bond acceptors (Lipinski definition) is 3. The first kappa shape index (κ1) is 23.8. The lowest BCUT2D eigenvalue weighted by molar-refractivity contribution is -0.425. The Morgan fingerprint density at radius 1 is 1.12 bits per heavy atom. The summed E-state index contributed by atoms with van der Waals surface area (Å²) < 4.78 is 0. The van der Waals surface area contributed by atoms with Crippen LogP contribution >= 0.6 is 48.2 Å². The molecule has 0 unspecified atom stereocenters. The van der Waals surface area contributed by atoms with Gasteiger partial charge in [0.25, 0.3) is 0 Å². The number of aliphatic hydroxyl groups is 1. The number of thioether (sulfide) groups is 1. The maximum Gasteiger partial charge on any atom is 0.396 e. The van der Waals surface area contributed by atoms with E-state index in [2.05, 4.69) is 26.9 Å². The van der Waals surface area contributed by atoms with Crippen molar-refractivity contribution in [2.75, 3.05) is 45.5 Å². The third-order valence-electron chi connectivity index (χ3n) is 3.86. The fraction of sp³-hybridized carbons (Fsp3) is 0.562. The van der Waals surface area contributed by atoms with E-state index in [1.807, 2.05) is 12.1 Å². The van der Waals surface area contributed by atoms with Gasteiger partial charge in [-0.15, -0.1) is 24.8 Å². The van der Waals surface area contributed by atoms with Crippen LogP contribution in [0.15, 0.2) is 24.3 Å². The van der Waals surface area contributed by atoms with Gasteiger partial charge in [0.1, 0.15) is 7.05 Å². The van der Waals surface area contributed by atoms with Crippen LogP contribution in [-0.2, 0) is 6.54 Å². The second-order valence-corrected chi connectivity index (χ2v) is 7.02. The Bertz CT molecular complexity index is 480. The lowest BCUT2D eigenvalue weighted by atomic mass is 10.2. The van der Waals surface area contributed by atoms with Crippen molar-refractivity contribution in [1.29, 1.82) is 0 Å². The second-order valence-electron chi connectivity index (χ2n) is 5.50. The lowest BCUT2D eigenvalue weighted by Crippen LogP contribution is -2.67. The molecule has 24 heavy (non-hydrogen) atoms. The van der Waals surface area contributed by atoms with Crippen molar-refractivity contribution in [3.05, 3.63) is 34.9 Å². The maximum absolute atomic E-state index is 9.33. The number of nitrogens with one attached hydrogen (secondary N) is 1. The molecule has 1 aliphatic rings. The summed E-state index contributed by atoms with van der Waals surface area (Å²) in [4.78, 5) is 7.75. The van der Waals surface area contributed by atoms with Crippen molar-refractivity contribution in [2.45, 2.75) is 13.0 Å². The predicted octanol–water partition coefficient (Wildman–Crippen LogP) is 2.05. The molecule has 1 aliphatic heterocycles.